The Bertz CT molecular complexity index is 312. The van der Waals surface area contributed by atoms with Crippen LogP contribution in [0.15, 0.2) is 0 Å². The molecule has 1 rings (SSSR count). The molecule has 0 spiro atoms. The maximum absolute atomic E-state index is 11.9. The molecule has 0 aromatic carbocycles. The predicted octanol–water partition coefficient (Wildman–Crippen LogP) is 0.988. The summed E-state index contributed by atoms with van der Waals surface area (Å²) in [5.74, 6) is -0.309. The second-order valence-corrected chi connectivity index (χ2v) is 5.24. The van der Waals surface area contributed by atoms with E-state index in [1.54, 1.807) is 6.92 Å². The van der Waals surface area contributed by atoms with Crippen molar-refractivity contribution in [2.45, 2.75) is 65.1 Å². The lowest BCUT2D eigenvalue weighted by molar-refractivity contribution is -0.124. The molecule has 0 bridgehead atoms. The molecule has 0 aromatic rings. The van der Waals surface area contributed by atoms with Crippen LogP contribution in [0.4, 0.5) is 4.79 Å². The molecule has 0 aliphatic carbocycles. The number of carbonyl (C=O) groups is 2. The maximum Gasteiger partial charge on any atom is 0.321 e. The zero-order valence-corrected chi connectivity index (χ0v) is 12.3. The maximum atomic E-state index is 11.9. The molecule has 110 valence electrons. The van der Waals surface area contributed by atoms with Crippen LogP contribution in [0.5, 0.6) is 0 Å². The average molecular weight is 270 g/mol. The smallest absolute Gasteiger partial charge is 0.321 e. The first kappa shape index (κ1) is 15.9. The quantitative estimate of drug-likeness (QED) is 0.712. The van der Waals surface area contributed by atoms with E-state index in [0.29, 0.717) is 18.6 Å². The highest BCUT2D eigenvalue weighted by atomic mass is 16.2. The summed E-state index contributed by atoms with van der Waals surface area (Å²) >= 11 is 0. The molecule has 3 amide bonds. The number of hydrogen-bond acceptors (Lipinski definition) is 4. The van der Waals surface area contributed by atoms with Crippen LogP contribution >= 0.6 is 0 Å². The Morgan fingerprint density at radius 1 is 1.26 bits per heavy atom. The van der Waals surface area contributed by atoms with Gasteiger partial charge in [-0.2, -0.15) is 0 Å². The van der Waals surface area contributed by atoms with E-state index in [9.17, 15) is 9.59 Å². The number of amides is 3. The summed E-state index contributed by atoms with van der Waals surface area (Å²) in [5.41, 5.74) is 3.21. The van der Waals surface area contributed by atoms with Crippen molar-refractivity contribution in [1.29, 1.82) is 0 Å². The molecule has 19 heavy (non-hydrogen) atoms. The van der Waals surface area contributed by atoms with Crippen molar-refractivity contribution < 1.29 is 9.59 Å². The van der Waals surface area contributed by atoms with Gasteiger partial charge in [0.05, 0.1) is 6.04 Å². The van der Waals surface area contributed by atoms with Crippen molar-refractivity contribution in [2.24, 2.45) is 0 Å². The summed E-state index contributed by atoms with van der Waals surface area (Å²) in [6.07, 6.45) is 3.48. The van der Waals surface area contributed by atoms with Crippen molar-refractivity contribution in [1.82, 2.24) is 21.1 Å². The average Bonchev–Trinajstić information content (AvgIpc) is 2.34. The van der Waals surface area contributed by atoms with Gasteiger partial charge in [-0.1, -0.05) is 6.42 Å². The van der Waals surface area contributed by atoms with Gasteiger partial charge in [-0.25, -0.2) is 15.2 Å². The fraction of sp³-hybridized carbons (Fsp3) is 0.846. The lowest BCUT2D eigenvalue weighted by Crippen LogP contribution is -2.59. The summed E-state index contributed by atoms with van der Waals surface area (Å²) in [4.78, 5) is 23.1. The number of rotatable bonds is 4. The van der Waals surface area contributed by atoms with E-state index in [1.807, 2.05) is 6.92 Å². The van der Waals surface area contributed by atoms with Crippen LogP contribution < -0.4 is 16.1 Å². The summed E-state index contributed by atoms with van der Waals surface area (Å²) in [5, 5.41) is 6.99. The molecule has 1 aliphatic heterocycles. The van der Waals surface area contributed by atoms with Crippen LogP contribution in [0.25, 0.3) is 0 Å². The Labute approximate surface area is 115 Å². The molecule has 1 aliphatic rings. The zero-order chi connectivity index (χ0) is 14.4. The topological polar surface area (TPSA) is 73.5 Å². The molecule has 0 aromatic heterocycles. The summed E-state index contributed by atoms with van der Waals surface area (Å²) in [6.45, 7) is 8.38. The Balaban J connectivity index is 2.46. The standard InChI is InChI=1S/C13H26N4O2/c1-5-14-13(19)15-12(18)11(4)16-17-9(2)7-6-8-10(17)3/h9-11,16H,5-8H2,1-4H3,(H2,14,15,18,19). The van der Waals surface area contributed by atoms with Crippen LogP contribution in [-0.2, 0) is 4.79 Å². The molecule has 1 fully saturated rings. The molecule has 3 atom stereocenters. The lowest BCUT2D eigenvalue weighted by atomic mass is 10.00. The number of hydrogen-bond donors (Lipinski definition) is 3. The number of hydrazine groups is 1. The minimum atomic E-state index is -0.444. The minimum absolute atomic E-state index is 0.309. The van der Waals surface area contributed by atoms with Crippen molar-refractivity contribution >= 4 is 11.9 Å². The molecule has 0 saturated carbocycles. The number of piperidine rings is 1. The van der Waals surface area contributed by atoms with E-state index in [0.717, 1.165) is 12.8 Å². The molecule has 1 heterocycles. The van der Waals surface area contributed by atoms with Gasteiger partial charge >= 0.3 is 6.03 Å². The van der Waals surface area contributed by atoms with E-state index >= 15 is 0 Å². The monoisotopic (exact) mass is 270 g/mol. The Hall–Kier alpha value is -1.14. The SMILES string of the molecule is CCNC(=O)NC(=O)C(C)NN1C(C)CCCC1C. The molecular weight excluding hydrogens is 244 g/mol. The van der Waals surface area contributed by atoms with Gasteiger partial charge in [0.2, 0.25) is 5.91 Å². The molecule has 6 nitrogen and oxygen atoms in total. The van der Waals surface area contributed by atoms with Crippen LogP contribution in [0.3, 0.4) is 0 Å². The van der Waals surface area contributed by atoms with Crippen molar-refractivity contribution in [2.75, 3.05) is 6.54 Å². The lowest BCUT2D eigenvalue weighted by Gasteiger charge is -2.40. The van der Waals surface area contributed by atoms with E-state index in [4.69, 9.17) is 0 Å². The van der Waals surface area contributed by atoms with Gasteiger partial charge in [0, 0.05) is 18.6 Å². The molecule has 1 saturated heterocycles. The number of imide groups is 1. The third-order valence-corrected chi connectivity index (χ3v) is 3.50. The highest BCUT2D eigenvalue weighted by Crippen LogP contribution is 2.20. The highest BCUT2D eigenvalue weighted by Gasteiger charge is 2.27. The van der Waals surface area contributed by atoms with E-state index in [2.05, 4.69) is 34.9 Å². The van der Waals surface area contributed by atoms with Crippen LogP contribution in [0.1, 0.15) is 47.0 Å². The van der Waals surface area contributed by atoms with Gasteiger partial charge < -0.3 is 5.32 Å². The van der Waals surface area contributed by atoms with Crippen LogP contribution in [-0.4, -0.2) is 41.6 Å². The van der Waals surface area contributed by atoms with Gasteiger partial charge in [0.15, 0.2) is 0 Å². The molecule has 3 unspecified atom stereocenters. The zero-order valence-electron chi connectivity index (χ0n) is 12.3. The minimum Gasteiger partial charge on any atom is -0.338 e. The van der Waals surface area contributed by atoms with Gasteiger partial charge in [-0.15, -0.1) is 0 Å². The largest absolute Gasteiger partial charge is 0.338 e. The molecular formula is C13H26N4O2. The third kappa shape index (κ3) is 4.80. The number of nitrogens with one attached hydrogen (secondary N) is 3. The second kappa shape index (κ2) is 7.45. The first-order valence-electron chi connectivity index (χ1n) is 7.08. The van der Waals surface area contributed by atoms with Gasteiger partial charge in [0.1, 0.15) is 0 Å². The first-order chi connectivity index (χ1) is 8.95. The number of urea groups is 1. The second-order valence-electron chi connectivity index (χ2n) is 5.24. The Kier molecular flexibility index (Phi) is 6.24. The van der Waals surface area contributed by atoms with Gasteiger partial charge in [-0.05, 0) is 40.5 Å². The van der Waals surface area contributed by atoms with Crippen LogP contribution in [0.2, 0.25) is 0 Å². The van der Waals surface area contributed by atoms with Crippen molar-refractivity contribution in [3.8, 4) is 0 Å². The summed E-state index contributed by atoms with van der Waals surface area (Å²) in [6, 6.07) is -0.0570. The Morgan fingerprint density at radius 3 is 2.37 bits per heavy atom. The van der Waals surface area contributed by atoms with Crippen molar-refractivity contribution in [3.05, 3.63) is 0 Å². The van der Waals surface area contributed by atoms with Gasteiger partial charge in [0.25, 0.3) is 0 Å². The summed E-state index contributed by atoms with van der Waals surface area (Å²) in [7, 11) is 0. The molecule has 6 heteroatoms. The molecule has 3 N–H and O–H groups in total. The predicted molar refractivity (Wildman–Crippen MR) is 74.4 cm³/mol. The summed E-state index contributed by atoms with van der Waals surface area (Å²) < 4.78 is 0. The Morgan fingerprint density at radius 2 is 1.84 bits per heavy atom. The van der Waals surface area contributed by atoms with Crippen LogP contribution in [0, 0.1) is 0 Å². The molecule has 0 radical (unpaired) electrons. The first-order valence-corrected chi connectivity index (χ1v) is 7.08. The fourth-order valence-corrected chi connectivity index (χ4v) is 2.38. The van der Waals surface area contributed by atoms with Crippen molar-refractivity contribution in [3.63, 3.8) is 0 Å². The number of carbonyl (C=O) groups excluding carboxylic acids is 2. The van der Waals surface area contributed by atoms with E-state index < -0.39 is 12.1 Å². The highest BCUT2D eigenvalue weighted by molar-refractivity contribution is 5.96. The van der Waals surface area contributed by atoms with E-state index in [-0.39, 0.29) is 5.91 Å². The number of nitrogens with zero attached hydrogens (tertiary/aromatic N) is 1. The fourth-order valence-electron chi connectivity index (χ4n) is 2.38. The third-order valence-electron chi connectivity index (χ3n) is 3.50. The van der Waals surface area contributed by atoms with E-state index in [1.165, 1.54) is 6.42 Å². The normalized spacial score (nSPS) is 25.7. The van der Waals surface area contributed by atoms with Gasteiger partial charge in [-0.3, -0.25) is 10.1 Å².